The van der Waals surface area contributed by atoms with Crippen molar-refractivity contribution >= 4 is 0 Å². The van der Waals surface area contributed by atoms with Crippen molar-refractivity contribution in [3.05, 3.63) is 70.8 Å². The summed E-state index contributed by atoms with van der Waals surface area (Å²) < 4.78 is 0. The van der Waals surface area contributed by atoms with Gasteiger partial charge >= 0.3 is 0 Å². The van der Waals surface area contributed by atoms with Crippen LogP contribution in [0.5, 0.6) is 0 Å². The maximum Gasteiger partial charge on any atom is 0.0608 e. The van der Waals surface area contributed by atoms with Crippen molar-refractivity contribution in [2.24, 2.45) is 5.84 Å². The molecule has 2 aliphatic rings. The van der Waals surface area contributed by atoms with Crippen molar-refractivity contribution in [3.8, 4) is 0 Å². The molecule has 0 spiro atoms. The Morgan fingerprint density at radius 3 is 1.83 bits per heavy atom. The van der Waals surface area contributed by atoms with Crippen molar-refractivity contribution in [2.45, 2.75) is 25.3 Å². The van der Waals surface area contributed by atoms with Crippen molar-refractivity contribution in [1.29, 1.82) is 0 Å². The lowest BCUT2D eigenvalue weighted by Crippen LogP contribution is -2.50. The van der Waals surface area contributed by atoms with E-state index in [9.17, 15) is 0 Å². The molecule has 0 bridgehead atoms. The molecule has 0 radical (unpaired) electrons. The van der Waals surface area contributed by atoms with Gasteiger partial charge in [-0.3, -0.25) is 10.7 Å². The van der Waals surface area contributed by atoms with Gasteiger partial charge in [-0.05, 0) is 41.5 Å². The highest BCUT2D eigenvalue weighted by molar-refractivity contribution is 5.42. The monoisotopic (exact) mass is 307 g/mol. The van der Waals surface area contributed by atoms with Crippen LogP contribution in [0.4, 0.5) is 0 Å². The maximum atomic E-state index is 5.98. The van der Waals surface area contributed by atoms with E-state index in [1.165, 1.54) is 41.5 Å². The molecule has 1 aliphatic carbocycles. The number of nitrogens with zero attached hydrogens (tertiary/aromatic N) is 2. The van der Waals surface area contributed by atoms with Gasteiger partial charge in [0.2, 0.25) is 0 Å². The molecule has 1 aliphatic heterocycles. The third-order valence-corrected chi connectivity index (χ3v) is 5.31. The van der Waals surface area contributed by atoms with Crippen LogP contribution in [0.3, 0.4) is 0 Å². The van der Waals surface area contributed by atoms with Crippen LogP contribution >= 0.6 is 0 Å². The third-order valence-electron chi connectivity index (χ3n) is 5.31. The zero-order chi connectivity index (χ0) is 15.6. The quantitative estimate of drug-likeness (QED) is 0.822. The number of hydrogen-bond acceptors (Lipinski definition) is 3. The Labute approximate surface area is 138 Å². The molecule has 120 valence electrons. The summed E-state index contributed by atoms with van der Waals surface area (Å²) in [7, 11) is 0. The number of benzene rings is 2. The summed E-state index contributed by atoms with van der Waals surface area (Å²) in [6.07, 6.45) is 3.59. The fourth-order valence-electron chi connectivity index (χ4n) is 4.08. The van der Waals surface area contributed by atoms with E-state index in [4.69, 9.17) is 5.84 Å². The minimum atomic E-state index is 0.372. The molecule has 2 aromatic carbocycles. The van der Waals surface area contributed by atoms with Crippen molar-refractivity contribution in [3.63, 3.8) is 0 Å². The summed E-state index contributed by atoms with van der Waals surface area (Å²) in [5, 5.41) is 1.94. The van der Waals surface area contributed by atoms with Crippen LogP contribution in [-0.4, -0.2) is 36.1 Å². The van der Waals surface area contributed by atoms with Crippen LogP contribution in [0.2, 0.25) is 0 Å². The van der Waals surface area contributed by atoms with E-state index in [0.29, 0.717) is 6.04 Å². The highest BCUT2D eigenvalue weighted by atomic mass is 15.4. The van der Waals surface area contributed by atoms with Crippen LogP contribution in [0.15, 0.2) is 48.5 Å². The Morgan fingerprint density at radius 2 is 1.26 bits per heavy atom. The van der Waals surface area contributed by atoms with Gasteiger partial charge in [0, 0.05) is 26.2 Å². The lowest BCUT2D eigenvalue weighted by Gasteiger charge is -2.40. The fourth-order valence-corrected chi connectivity index (χ4v) is 4.08. The number of rotatable bonds is 1. The van der Waals surface area contributed by atoms with E-state index in [0.717, 1.165) is 26.2 Å². The van der Waals surface area contributed by atoms with Gasteiger partial charge in [-0.1, -0.05) is 48.5 Å². The van der Waals surface area contributed by atoms with Crippen LogP contribution in [0, 0.1) is 0 Å². The van der Waals surface area contributed by atoms with E-state index in [2.05, 4.69) is 53.4 Å². The van der Waals surface area contributed by atoms with Crippen LogP contribution in [-0.2, 0) is 12.8 Å². The number of fused-ring (bicyclic) bond motifs is 2. The van der Waals surface area contributed by atoms with Gasteiger partial charge in [0.25, 0.3) is 0 Å². The number of hydrazine groups is 1. The molecule has 2 N–H and O–H groups in total. The van der Waals surface area contributed by atoms with Gasteiger partial charge in [-0.25, -0.2) is 5.01 Å². The first kappa shape index (κ1) is 14.9. The zero-order valence-corrected chi connectivity index (χ0v) is 13.6. The molecule has 0 saturated carbocycles. The summed E-state index contributed by atoms with van der Waals surface area (Å²) in [6.45, 7) is 3.95. The molecule has 3 nitrogen and oxygen atoms in total. The van der Waals surface area contributed by atoms with Gasteiger partial charge in [-0.2, -0.15) is 0 Å². The first-order chi connectivity index (χ1) is 11.3. The zero-order valence-electron chi connectivity index (χ0n) is 13.6. The molecule has 1 heterocycles. The van der Waals surface area contributed by atoms with Crippen molar-refractivity contribution in [1.82, 2.24) is 9.91 Å². The summed E-state index contributed by atoms with van der Waals surface area (Å²) >= 11 is 0. The molecule has 4 rings (SSSR count). The summed E-state index contributed by atoms with van der Waals surface area (Å²) in [5.74, 6) is 5.98. The van der Waals surface area contributed by atoms with Gasteiger partial charge in [0.1, 0.15) is 0 Å². The third kappa shape index (κ3) is 2.92. The number of nitrogens with two attached hydrogens (primary N) is 1. The van der Waals surface area contributed by atoms with E-state index in [1.54, 1.807) is 0 Å². The van der Waals surface area contributed by atoms with E-state index in [1.807, 2.05) is 5.01 Å². The SMILES string of the molecule is NN1CCN(C2c3ccccc3CCCc3ccccc32)CC1. The summed E-state index contributed by atoms with van der Waals surface area (Å²) in [5.41, 5.74) is 6.01. The minimum absolute atomic E-state index is 0.372. The van der Waals surface area contributed by atoms with E-state index in [-0.39, 0.29) is 0 Å². The molecule has 3 heteroatoms. The number of hydrogen-bond donors (Lipinski definition) is 1. The molecule has 1 fully saturated rings. The van der Waals surface area contributed by atoms with Crippen molar-refractivity contribution < 1.29 is 0 Å². The second-order valence-corrected chi connectivity index (χ2v) is 6.73. The summed E-state index contributed by atoms with van der Waals surface area (Å²) in [6, 6.07) is 18.4. The van der Waals surface area contributed by atoms with Gasteiger partial charge in [-0.15, -0.1) is 0 Å². The Morgan fingerprint density at radius 1 is 0.739 bits per heavy atom. The lowest BCUT2D eigenvalue weighted by molar-refractivity contribution is 0.109. The standard InChI is InChI=1S/C20H25N3/c21-23-14-12-22(13-15-23)20-18-10-3-1-6-16(18)8-5-9-17-7-2-4-11-19(17)20/h1-4,6-7,10-11,20H,5,8-9,12-15,21H2. The number of aryl methyl sites for hydroxylation is 2. The molecule has 2 aromatic rings. The molecule has 0 amide bonds. The maximum absolute atomic E-state index is 5.98. The van der Waals surface area contributed by atoms with E-state index >= 15 is 0 Å². The lowest BCUT2D eigenvalue weighted by atomic mass is 9.84. The average molecular weight is 307 g/mol. The van der Waals surface area contributed by atoms with Crippen molar-refractivity contribution in [2.75, 3.05) is 26.2 Å². The molecule has 23 heavy (non-hydrogen) atoms. The minimum Gasteiger partial charge on any atom is -0.290 e. The normalized spacial score (nSPS) is 20.4. The second-order valence-electron chi connectivity index (χ2n) is 6.73. The number of piperazine rings is 1. The first-order valence-corrected chi connectivity index (χ1v) is 8.72. The molecule has 0 unspecified atom stereocenters. The van der Waals surface area contributed by atoms with Gasteiger partial charge < -0.3 is 0 Å². The Hall–Kier alpha value is -1.68. The Bertz CT molecular complexity index is 627. The topological polar surface area (TPSA) is 32.5 Å². The molecule has 0 atom stereocenters. The average Bonchev–Trinajstić information content (AvgIpc) is 2.57. The van der Waals surface area contributed by atoms with Crippen LogP contribution in [0.1, 0.15) is 34.7 Å². The molecule has 1 saturated heterocycles. The first-order valence-electron chi connectivity index (χ1n) is 8.72. The smallest absolute Gasteiger partial charge is 0.0608 e. The summed E-state index contributed by atoms with van der Waals surface area (Å²) in [4.78, 5) is 2.62. The van der Waals surface area contributed by atoms with Crippen LogP contribution in [0.25, 0.3) is 0 Å². The molecular formula is C20H25N3. The van der Waals surface area contributed by atoms with Crippen LogP contribution < -0.4 is 5.84 Å². The Balaban J connectivity index is 1.81. The second kappa shape index (κ2) is 6.44. The predicted molar refractivity (Wildman–Crippen MR) is 94.1 cm³/mol. The molecular weight excluding hydrogens is 282 g/mol. The largest absolute Gasteiger partial charge is 0.290 e. The van der Waals surface area contributed by atoms with Gasteiger partial charge in [0.05, 0.1) is 6.04 Å². The highest BCUT2D eigenvalue weighted by Crippen LogP contribution is 2.36. The van der Waals surface area contributed by atoms with Gasteiger partial charge in [0.15, 0.2) is 0 Å². The highest BCUT2D eigenvalue weighted by Gasteiger charge is 2.29. The predicted octanol–water partition coefficient (Wildman–Crippen LogP) is 2.76. The Kier molecular flexibility index (Phi) is 4.17. The van der Waals surface area contributed by atoms with E-state index < -0.39 is 0 Å². The molecule has 0 aromatic heterocycles. The fraction of sp³-hybridized carbons (Fsp3) is 0.400.